The van der Waals surface area contributed by atoms with Crippen LogP contribution in [0, 0.1) is 0 Å². The summed E-state index contributed by atoms with van der Waals surface area (Å²) in [7, 11) is 0. The van der Waals surface area contributed by atoms with Crippen LogP contribution < -0.4 is 4.74 Å². The second kappa shape index (κ2) is 9.28. The Balaban J connectivity index is 1.46. The van der Waals surface area contributed by atoms with Gasteiger partial charge in [0.2, 0.25) is 0 Å². The van der Waals surface area contributed by atoms with Gasteiger partial charge in [-0.2, -0.15) is 0 Å². The molecule has 0 aliphatic heterocycles. The zero-order valence-corrected chi connectivity index (χ0v) is 15.3. The van der Waals surface area contributed by atoms with Crippen molar-refractivity contribution in [3.8, 4) is 16.9 Å². The summed E-state index contributed by atoms with van der Waals surface area (Å²) in [6.07, 6.45) is 9.07. The van der Waals surface area contributed by atoms with Crippen molar-refractivity contribution in [2.24, 2.45) is 0 Å². The highest BCUT2D eigenvalue weighted by Gasteiger charge is 2.01. The topological polar surface area (TPSA) is 22.1 Å². The molecule has 0 bridgehead atoms. The molecule has 0 fully saturated rings. The Labute approximate surface area is 154 Å². The van der Waals surface area contributed by atoms with E-state index >= 15 is 0 Å². The molecule has 1 aromatic heterocycles. The first-order valence-corrected chi connectivity index (χ1v) is 9.84. The number of rotatable bonds is 8. The lowest BCUT2D eigenvalue weighted by atomic mass is 10.1. The number of thioether (sulfide) groups is 1. The van der Waals surface area contributed by atoms with E-state index < -0.39 is 0 Å². The fourth-order valence-electron chi connectivity index (χ4n) is 2.71. The number of aryl methyl sites for hydroxylation is 1. The molecule has 3 rings (SSSR count). The maximum Gasteiger partial charge on any atom is 0.119 e. The number of unbranched alkanes of at least 4 members (excludes halogenated alkanes) is 1. The summed E-state index contributed by atoms with van der Waals surface area (Å²) in [5, 5.41) is 0. The number of pyridine rings is 1. The monoisotopic (exact) mass is 349 g/mol. The van der Waals surface area contributed by atoms with E-state index in [9.17, 15) is 0 Å². The first-order valence-electron chi connectivity index (χ1n) is 8.61. The van der Waals surface area contributed by atoms with Crippen molar-refractivity contribution >= 4 is 11.8 Å². The zero-order valence-electron chi connectivity index (χ0n) is 14.5. The lowest BCUT2D eigenvalue weighted by Gasteiger charge is -2.08. The molecule has 0 radical (unpaired) electrons. The van der Waals surface area contributed by atoms with Crippen LogP contribution in [0.4, 0.5) is 0 Å². The van der Waals surface area contributed by atoms with Gasteiger partial charge in [0.25, 0.3) is 0 Å². The van der Waals surface area contributed by atoms with Gasteiger partial charge in [-0.25, -0.2) is 0 Å². The van der Waals surface area contributed by atoms with Gasteiger partial charge in [0.1, 0.15) is 5.75 Å². The molecule has 2 aromatic carbocycles. The predicted molar refractivity (Wildman–Crippen MR) is 106 cm³/mol. The van der Waals surface area contributed by atoms with Crippen LogP contribution in [0.5, 0.6) is 5.75 Å². The highest BCUT2D eigenvalue weighted by molar-refractivity contribution is 7.98. The third-order valence-electron chi connectivity index (χ3n) is 4.11. The molecule has 2 nitrogen and oxygen atoms in total. The van der Waals surface area contributed by atoms with Crippen molar-refractivity contribution in [3.05, 3.63) is 78.6 Å². The molecular formula is C22H23NOS. The van der Waals surface area contributed by atoms with E-state index in [1.807, 2.05) is 18.5 Å². The fraction of sp³-hybridized carbons (Fsp3) is 0.227. The standard InChI is InChI=1S/C22H23NOS/c1-25-22-9-4-8-20(16-22)19-10-12-21(13-11-19)24-15-3-2-6-18-7-5-14-23-17-18/h4-5,7-14,16-17H,2-3,6,15H2,1H3. The maximum atomic E-state index is 5.86. The lowest BCUT2D eigenvalue weighted by molar-refractivity contribution is 0.307. The van der Waals surface area contributed by atoms with Gasteiger partial charge in [-0.05, 0) is 72.5 Å². The predicted octanol–water partition coefficient (Wildman–Crippen LogP) is 5.87. The van der Waals surface area contributed by atoms with E-state index in [0.29, 0.717) is 0 Å². The van der Waals surface area contributed by atoms with Crippen molar-refractivity contribution in [1.82, 2.24) is 4.98 Å². The molecule has 25 heavy (non-hydrogen) atoms. The van der Waals surface area contributed by atoms with Gasteiger partial charge in [-0.1, -0.05) is 30.3 Å². The van der Waals surface area contributed by atoms with Gasteiger partial charge in [0.15, 0.2) is 0 Å². The third kappa shape index (κ3) is 5.36. The number of ether oxygens (including phenoxy) is 1. The van der Waals surface area contributed by atoms with Crippen molar-refractivity contribution < 1.29 is 4.74 Å². The molecule has 0 saturated carbocycles. The Bertz CT molecular complexity index is 772. The minimum Gasteiger partial charge on any atom is -0.494 e. The summed E-state index contributed by atoms with van der Waals surface area (Å²) in [6.45, 7) is 0.752. The van der Waals surface area contributed by atoms with Gasteiger partial charge >= 0.3 is 0 Å². The largest absolute Gasteiger partial charge is 0.494 e. The van der Waals surface area contributed by atoms with Crippen molar-refractivity contribution in [2.45, 2.75) is 24.2 Å². The summed E-state index contributed by atoms with van der Waals surface area (Å²) in [4.78, 5) is 5.43. The van der Waals surface area contributed by atoms with Gasteiger partial charge < -0.3 is 4.74 Å². The maximum absolute atomic E-state index is 5.86. The Morgan fingerprint density at radius 3 is 2.56 bits per heavy atom. The lowest BCUT2D eigenvalue weighted by Crippen LogP contribution is -1.98. The van der Waals surface area contributed by atoms with E-state index in [1.54, 1.807) is 11.8 Å². The van der Waals surface area contributed by atoms with Crippen LogP contribution in [0.3, 0.4) is 0 Å². The van der Waals surface area contributed by atoms with Crippen molar-refractivity contribution in [3.63, 3.8) is 0 Å². The Kier molecular flexibility index (Phi) is 6.52. The Morgan fingerprint density at radius 2 is 1.80 bits per heavy atom. The first-order chi connectivity index (χ1) is 12.3. The number of nitrogens with zero attached hydrogens (tertiary/aromatic N) is 1. The van der Waals surface area contributed by atoms with Crippen LogP contribution in [-0.2, 0) is 6.42 Å². The molecular weight excluding hydrogens is 326 g/mol. The van der Waals surface area contributed by atoms with Crippen LogP contribution >= 0.6 is 11.8 Å². The molecule has 0 atom stereocenters. The van der Waals surface area contributed by atoms with Gasteiger partial charge in [-0.3, -0.25) is 4.98 Å². The number of benzene rings is 2. The zero-order chi connectivity index (χ0) is 17.3. The van der Waals surface area contributed by atoms with E-state index in [-0.39, 0.29) is 0 Å². The third-order valence-corrected chi connectivity index (χ3v) is 4.83. The van der Waals surface area contributed by atoms with Crippen LogP contribution in [0.1, 0.15) is 18.4 Å². The smallest absolute Gasteiger partial charge is 0.119 e. The number of aromatic nitrogens is 1. The average molecular weight is 349 g/mol. The molecule has 0 unspecified atom stereocenters. The quantitative estimate of drug-likeness (QED) is 0.375. The summed E-state index contributed by atoms with van der Waals surface area (Å²) in [6, 6.07) is 21.1. The summed E-state index contributed by atoms with van der Waals surface area (Å²) >= 11 is 1.77. The fourth-order valence-corrected chi connectivity index (χ4v) is 3.17. The molecule has 3 aromatic rings. The minimum atomic E-state index is 0.752. The van der Waals surface area contributed by atoms with E-state index in [2.05, 4.69) is 65.8 Å². The van der Waals surface area contributed by atoms with Crippen LogP contribution in [-0.4, -0.2) is 17.8 Å². The number of hydrogen-bond acceptors (Lipinski definition) is 3. The van der Waals surface area contributed by atoms with Crippen LogP contribution in [0.25, 0.3) is 11.1 Å². The van der Waals surface area contributed by atoms with Crippen LogP contribution in [0.2, 0.25) is 0 Å². The highest BCUT2D eigenvalue weighted by Crippen LogP contribution is 2.26. The molecule has 1 heterocycles. The minimum absolute atomic E-state index is 0.752. The molecule has 0 N–H and O–H groups in total. The average Bonchev–Trinajstić information content (AvgIpc) is 2.69. The van der Waals surface area contributed by atoms with Gasteiger partial charge in [0.05, 0.1) is 6.61 Å². The highest BCUT2D eigenvalue weighted by atomic mass is 32.2. The van der Waals surface area contributed by atoms with Crippen molar-refractivity contribution in [2.75, 3.05) is 12.9 Å². The van der Waals surface area contributed by atoms with E-state index in [0.717, 1.165) is 31.6 Å². The van der Waals surface area contributed by atoms with E-state index in [4.69, 9.17) is 4.74 Å². The summed E-state index contributed by atoms with van der Waals surface area (Å²) < 4.78 is 5.86. The Hall–Kier alpha value is -2.26. The molecule has 0 spiro atoms. The summed E-state index contributed by atoms with van der Waals surface area (Å²) in [5.74, 6) is 0.936. The van der Waals surface area contributed by atoms with Gasteiger partial charge in [0, 0.05) is 17.3 Å². The number of hydrogen-bond donors (Lipinski definition) is 0. The SMILES string of the molecule is CSc1cccc(-c2ccc(OCCCCc3cccnc3)cc2)c1. The summed E-state index contributed by atoms with van der Waals surface area (Å²) in [5.41, 5.74) is 3.76. The first kappa shape index (κ1) is 17.6. The molecule has 3 heteroatoms. The molecule has 0 aliphatic rings. The van der Waals surface area contributed by atoms with Crippen molar-refractivity contribution in [1.29, 1.82) is 0 Å². The van der Waals surface area contributed by atoms with Gasteiger partial charge in [-0.15, -0.1) is 11.8 Å². The Morgan fingerprint density at radius 1 is 0.920 bits per heavy atom. The van der Waals surface area contributed by atoms with Crippen LogP contribution in [0.15, 0.2) is 78.0 Å². The normalized spacial score (nSPS) is 10.6. The molecule has 128 valence electrons. The molecule has 0 amide bonds. The second-order valence-corrected chi connectivity index (χ2v) is 6.80. The second-order valence-electron chi connectivity index (χ2n) is 5.92. The molecule has 0 aliphatic carbocycles. The molecule has 0 saturated heterocycles. The van der Waals surface area contributed by atoms with E-state index in [1.165, 1.54) is 21.6 Å².